The summed E-state index contributed by atoms with van der Waals surface area (Å²) in [7, 11) is 0. The van der Waals surface area contributed by atoms with Crippen LogP contribution in [0.1, 0.15) is 33.1 Å². The Labute approximate surface area is 108 Å². The van der Waals surface area contributed by atoms with E-state index in [0.29, 0.717) is 13.2 Å². The lowest BCUT2D eigenvalue weighted by Gasteiger charge is -2.32. The van der Waals surface area contributed by atoms with Crippen LogP contribution >= 0.6 is 0 Å². The molecule has 0 aromatic rings. The first kappa shape index (κ1) is 13.3. The van der Waals surface area contributed by atoms with Crippen LogP contribution in [0.4, 0.5) is 0 Å². The van der Waals surface area contributed by atoms with E-state index in [1.165, 1.54) is 0 Å². The van der Waals surface area contributed by atoms with Gasteiger partial charge in [-0.15, -0.1) is 0 Å². The monoisotopic (exact) mass is 254 g/mol. The summed E-state index contributed by atoms with van der Waals surface area (Å²) in [6.07, 6.45) is 2.70. The predicted molar refractivity (Wildman–Crippen MR) is 66.7 cm³/mol. The molecule has 2 saturated heterocycles. The fraction of sp³-hybridized carbons (Fsp3) is 0.846. The standard InChI is InChI=1S/C13H22N2O3/c1-3-11-10(6-5-7-18-11)13(17)15-8-12(16)14(4-2)9-15/h10-11H,3-9H2,1-2H3/t10-,11-/m0/s1. The Bertz CT molecular complexity index is 332. The molecule has 0 aliphatic carbocycles. The zero-order valence-electron chi connectivity index (χ0n) is 11.2. The third-order valence-corrected chi connectivity index (χ3v) is 3.87. The summed E-state index contributed by atoms with van der Waals surface area (Å²) in [5.41, 5.74) is 0. The van der Waals surface area contributed by atoms with Gasteiger partial charge in [-0.1, -0.05) is 6.92 Å². The minimum absolute atomic E-state index is 0.0250. The average Bonchev–Trinajstić information content (AvgIpc) is 2.79. The van der Waals surface area contributed by atoms with Crippen LogP contribution in [0, 0.1) is 5.92 Å². The molecular formula is C13H22N2O3. The van der Waals surface area contributed by atoms with E-state index in [0.717, 1.165) is 25.9 Å². The Balaban J connectivity index is 2.00. The zero-order chi connectivity index (χ0) is 13.1. The van der Waals surface area contributed by atoms with Crippen molar-refractivity contribution in [3.63, 3.8) is 0 Å². The third-order valence-electron chi connectivity index (χ3n) is 3.87. The van der Waals surface area contributed by atoms with Crippen molar-refractivity contribution < 1.29 is 14.3 Å². The number of rotatable bonds is 3. The van der Waals surface area contributed by atoms with Crippen LogP contribution in [0.3, 0.4) is 0 Å². The smallest absolute Gasteiger partial charge is 0.243 e. The van der Waals surface area contributed by atoms with Gasteiger partial charge < -0.3 is 14.5 Å². The van der Waals surface area contributed by atoms with E-state index in [-0.39, 0.29) is 30.4 Å². The highest BCUT2D eigenvalue weighted by atomic mass is 16.5. The van der Waals surface area contributed by atoms with Gasteiger partial charge in [0.15, 0.2) is 0 Å². The molecule has 2 rings (SSSR count). The highest BCUT2D eigenvalue weighted by molar-refractivity contribution is 5.89. The SMILES string of the molecule is CC[C@@H]1OCCC[C@@H]1C(=O)N1CC(=O)N(CC)C1. The molecule has 0 bridgehead atoms. The van der Waals surface area contributed by atoms with Crippen LogP contribution < -0.4 is 0 Å². The van der Waals surface area contributed by atoms with Crippen LogP contribution in [0.2, 0.25) is 0 Å². The Kier molecular flexibility index (Phi) is 4.22. The molecule has 2 fully saturated rings. The summed E-state index contributed by atoms with van der Waals surface area (Å²) < 4.78 is 5.65. The molecule has 5 nitrogen and oxygen atoms in total. The van der Waals surface area contributed by atoms with Crippen molar-refractivity contribution in [1.29, 1.82) is 0 Å². The maximum absolute atomic E-state index is 12.4. The van der Waals surface area contributed by atoms with Gasteiger partial charge in [-0.2, -0.15) is 0 Å². The minimum atomic E-state index is -0.0617. The Morgan fingerprint density at radius 1 is 1.44 bits per heavy atom. The molecular weight excluding hydrogens is 232 g/mol. The van der Waals surface area contributed by atoms with E-state index >= 15 is 0 Å². The molecule has 102 valence electrons. The van der Waals surface area contributed by atoms with Gasteiger partial charge in [0, 0.05) is 13.2 Å². The van der Waals surface area contributed by atoms with E-state index in [9.17, 15) is 9.59 Å². The van der Waals surface area contributed by atoms with E-state index in [1.807, 2.05) is 13.8 Å². The summed E-state index contributed by atoms with van der Waals surface area (Å²) in [6, 6.07) is 0. The number of carbonyl (C=O) groups excluding carboxylic acids is 2. The van der Waals surface area contributed by atoms with Gasteiger partial charge >= 0.3 is 0 Å². The molecule has 0 spiro atoms. The lowest BCUT2D eigenvalue weighted by Crippen LogP contribution is -2.43. The molecule has 0 aromatic heterocycles. The lowest BCUT2D eigenvalue weighted by molar-refractivity contribution is -0.145. The molecule has 0 radical (unpaired) electrons. The molecule has 0 unspecified atom stereocenters. The van der Waals surface area contributed by atoms with Crippen molar-refractivity contribution in [3.8, 4) is 0 Å². The Hall–Kier alpha value is -1.10. The fourth-order valence-electron chi connectivity index (χ4n) is 2.78. The predicted octanol–water partition coefficient (Wildman–Crippen LogP) is 0.840. The fourth-order valence-corrected chi connectivity index (χ4v) is 2.78. The van der Waals surface area contributed by atoms with Crippen molar-refractivity contribution in [2.45, 2.75) is 39.2 Å². The van der Waals surface area contributed by atoms with Crippen LogP contribution in [0.15, 0.2) is 0 Å². The zero-order valence-corrected chi connectivity index (χ0v) is 11.2. The second-order valence-corrected chi connectivity index (χ2v) is 4.99. The summed E-state index contributed by atoms with van der Waals surface area (Å²) in [4.78, 5) is 27.5. The number of amides is 2. The van der Waals surface area contributed by atoms with E-state index < -0.39 is 0 Å². The molecule has 2 aliphatic rings. The number of likely N-dealkylation sites (N-methyl/N-ethyl adjacent to an activating group) is 1. The van der Waals surface area contributed by atoms with Crippen molar-refractivity contribution in [3.05, 3.63) is 0 Å². The molecule has 2 aliphatic heterocycles. The second-order valence-electron chi connectivity index (χ2n) is 4.99. The van der Waals surface area contributed by atoms with Gasteiger partial charge in [0.2, 0.25) is 11.8 Å². The number of hydrogen-bond donors (Lipinski definition) is 0. The van der Waals surface area contributed by atoms with Gasteiger partial charge in [-0.25, -0.2) is 0 Å². The first-order valence-electron chi connectivity index (χ1n) is 6.85. The van der Waals surface area contributed by atoms with Gasteiger partial charge in [-0.05, 0) is 26.2 Å². The molecule has 0 aromatic carbocycles. The van der Waals surface area contributed by atoms with Crippen molar-refractivity contribution in [2.24, 2.45) is 5.92 Å². The topological polar surface area (TPSA) is 49.9 Å². The van der Waals surface area contributed by atoms with Gasteiger partial charge in [0.1, 0.15) is 6.54 Å². The van der Waals surface area contributed by atoms with Crippen molar-refractivity contribution >= 4 is 11.8 Å². The summed E-state index contributed by atoms with van der Waals surface area (Å²) in [5.74, 6) is 0.0785. The third kappa shape index (κ3) is 2.51. The summed E-state index contributed by atoms with van der Waals surface area (Å²) in [5, 5.41) is 0. The quantitative estimate of drug-likeness (QED) is 0.750. The molecule has 0 N–H and O–H groups in total. The lowest BCUT2D eigenvalue weighted by atomic mass is 9.91. The molecule has 5 heteroatoms. The highest BCUT2D eigenvalue weighted by Gasteiger charge is 2.37. The Morgan fingerprint density at radius 2 is 2.22 bits per heavy atom. The normalized spacial score (nSPS) is 28.9. The highest BCUT2D eigenvalue weighted by Crippen LogP contribution is 2.26. The van der Waals surface area contributed by atoms with Gasteiger partial charge in [0.25, 0.3) is 0 Å². The summed E-state index contributed by atoms with van der Waals surface area (Å²) >= 11 is 0. The largest absolute Gasteiger partial charge is 0.377 e. The van der Waals surface area contributed by atoms with Crippen molar-refractivity contribution in [2.75, 3.05) is 26.4 Å². The maximum Gasteiger partial charge on any atom is 0.243 e. The van der Waals surface area contributed by atoms with Crippen LogP contribution in [0.5, 0.6) is 0 Å². The molecule has 2 atom stereocenters. The number of hydrogen-bond acceptors (Lipinski definition) is 3. The van der Waals surface area contributed by atoms with E-state index in [4.69, 9.17) is 4.74 Å². The Morgan fingerprint density at radius 3 is 2.83 bits per heavy atom. The molecule has 0 saturated carbocycles. The minimum Gasteiger partial charge on any atom is -0.377 e. The first-order chi connectivity index (χ1) is 8.67. The van der Waals surface area contributed by atoms with Crippen molar-refractivity contribution in [1.82, 2.24) is 9.80 Å². The maximum atomic E-state index is 12.4. The number of carbonyl (C=O) groups is 2. The van der Waals surface area contributed by atoms with Gasteiger partial charge in [-0.3, -0.25) is 9.59 Å². The average molecular weight is 254 g/mol. The van der Waals surface area contributed by atoms with Crippen LogP contribution in [0.25, 0.3) is 0 Å². The van der Waals surface area contributed by atoms with E-state index in [1.54, 1.807) is 9.80 Å². The molecule has 2 heterocycles. The first-order valence-corrected chi connectivity index (χ1v) is 6.85. The molecule has 2 amide bonds. The second kappa shape index (κ2) is 5.69. The summed E-state index contributed by atoms with van der Waals surface area (Å²) in [6.45, 7) is 6.08. The molecule has 18 heavy (non-hydrogen) atoms. The van der Waals surface area contributed by atoms with Crippen LogP contribution in [-0.4, -0.2) is 54.1 Å². The van der Waals surface area contributed by atoms with Crippen LogP contribution in [-0.2, 0) is 14.3 Å². The van der Waals surface area contributed by atoms with E-state index in [2.05, 4.69) is 0 Å². The number of nitrogens with zero attached hydrogens (tertiary/aromatic N) is 2. The number of ether oxygens (including phenoxy) is 1. The van der Waals surface area contributed by atoms with Gasteiger partial charge in [0.05, 0.1) is 18.7 Å².